The van der Waals surface area contributed by atoms with Gasteiger partial charge in [0.05, 0.1) is 17.4 Å². The zero-order valence-electron chi connectivity index (χ0n) is 8.92. The van der Waals surface area contributed by atoms with E-state index < -0.39 is 18.5 Å². The second kappa shape index (κ2) is 5.51. The van der Waals surface area contributed by atoms with E-state index in [1.807, 2.05) is 0 Å². The number of halogens is 3. The Hall–Kier alpha value is -1.79. The number of carbonyl (C=O) groups is 1. The third kappa shape index (κ3) is 4.71. The molecule has 0 atom stereocenters. The molecule has 1 heterocycles. The first-order valence-corrected chi connectivity index (χ1v) is 4.94. The highest BCUT2D eigenvalue weighted by molar-refractivity contribution is 5.98. The van der Waals surface area contributed by atoms with Crippen molar-refractivity contribution < 1.29 is 18.0 Å². The molecule has 0 aliphatic heterocycles. The average molecular weight is 247 g/mol. The van der Waals surface area contributed by atoms with Gasteiger partial charge in [0, 0.05) is 19.2 Å². The molecule has 0 aliphatic carbocycles. The van der Waals surface area contributed by atoms with Crippen LogP contribution < -0.4 is 11.1 Å². The number of hydrogen-bond donors (Lipinski definition) is 2. The quantitative estimate of drug-likeness (QED) is 0.796. The number of hydrogen-bond acceptors (Lipinski definition) is 3. The Morgan fingerprint density at radius 1 is 1.47 bits per heavy atom. The second-order valence-electron chi connectivity index (χ2n) is 3.44. The zero-order chi connectivity index (χ0) is 12.9. The Morgan fingerprint density at radius 2 is 2.18 bits per heavy atom. The molecule has 1 aromatic heterocycles. The topological polar surface area (TPSA) is 68.0 Å². The number of rotatable bonds is 4. The van der Waals surface area contributed by atoms with Crippen LogP contribution in [0.15, 0.2) is 18.5 Å². The Labute approximate surface area is 96.0 Å². The van der Waals surface area contributed by atoms with E-state index in [9.17, 15) is 18.0 Å². The van der Waals surface area contributed by atoms with Crippen molar-refractivity contribution in [2.24, 2.45) is 0 Å². The van der Waals surface area contributed by atoms with Gasteiger partial charge in [-0.05, 0) is 12.5 Å². The summed E-state index contributed by atoms with van der Waals surface area (Å²) in [6.45, 7) is -0.0416. The Balaban J connectivity index is 2.39. The largest absolute Gasteiger partial charge is 0.397 e. The fourth-order valence-electron chi connectivity index (χ4n) is 1.20. The fourth-order valence-corrected chi connectivity index (χ4v) is 1.20. The van der Waals surface area contributed by atoms with Gasteiger partial charge in [-0.25, -0.2) is 0 Å². The molecule has 4 nitrogen and oxygen atoms in total. The molecule has 0 unspecified atom stereocenters. The lowest BCUT2D eigenvalue weighted by Gasteiger charge is -2.08. The van der Waals surface area contributed by atoms with E-state index in [0.29, 0.717) is 0 Å². The Kier molecular flexibility index (Phi) is 4.30. The number of pyridine rings is 1. The van der Waals surface area contributed by atoms with Crippen molar-refractivity contribution in [3.63, 3.8) is 0 Å². The first-order valence-electron chi connectivity index (χ1n) is 4.94. The summed E-state index contributed by atoms with van der Waals surface area (Å²) in [5, 5.41) is 2.37. The molecule has 7 heteroatoms. The molecular weight excluding hydrogens is 235 g/mol. The number of aromatic nitrogens is 1. The number of carbonyl (C=O) groups excluding carboxylic acids is 1. The van der Waals surface area contributed by atoms with Crippen LogP contribution in [-0.4, -0.2) is 23.6 Å². The monoisotopic (exact) mass is 247 g/mol. The number of nitrogens with one attached hydrogen (secondary N) is 1. The number of alkyl halides is 3. The molecule has 0 aliphatic rings. The van der Waals surface area contributed by atoms with Crippen LogP contribution in [0.5, 0.6) is 0 Å². The van der Waals surface area contributed by atoms with Crippen LogP contribution in [0, 0.1) is 0 Å². The highest BCUT2D eigenvalue weighted by atomic mass is 19.4. The van der Waals surface area contributed by atoms with Gasteiger partial charge in [0.1, 0.15) is 0 Å². The van der Waals surface area contributed by atoms with Crippen LogP contribution in [0.4, 0.5) is 18.9 Å². The lowest BCUT2D eigenvalue weighted by atomic mass is 10.2. The SMILES string of the molecule is Nc1cnccc1C(=O)NCCCC(F)(F)F. The molecule has 0 bridgehead atoms. The molecule has 0 aromatic carbocycles. The van der Waals surface area contributed by atoms with Crippen LogP contribution in [0.25, 0.3) is 0 Å². The van der Waals surface area contributed by atoms with E-state index in [1.54, 1.807) is 0 Å². The number of amides is 1. The van der Waals surface area contributed by atoms with E-state index in [-0.39, 0.29) is 24.2 Å². The van der Waals surface area contributed by atoms with Crippen molar-refractivity contribution in [3.8, 4) is 0 Å². The second-order valence-corrected chi connectivity index (χ2v) is 3.44. The van der Waals surface area contributed by atoms with Gasteiger partial charge in [-0.2, -0.15) is 13.2 Å². The van der Waals surface area contributed by atoms with Crippen molar-refractivity contribution in [1.82, 2.24) is 10.3 Å². The van der Waals surface area contributed by atoms with Gasteiger partial charge in [-0.1, -0.05) is 0 Å². The molecule has 1 rings (SSSR count). The van der Waals surface area contributed by atoms with Gasteiger partial charge < -0.3 is 11.1 Å². The molecule has 3 N–H and O–H groups in total. The molecule has 1 amide bonds. The predicted octanol–water partition coefficient (Wildman–Crippen LogP) is 1.74. The van der Waals surface area contributed by atoms with Crippen molar-refractivity contribution in [2.45, 2.75) is 19.0 Å². The molecular formula is C10H12F3N3O. The van der Waals surface area contributed by atoms with Crippen LogP contribution in [0.2, 0.25) is 0 Å². The highest BCUT2D eigenvalue weighted by Gasteiger charge is 2.26. The summed E-state index contributed by atoms with van der Waals surface area (Å²) in [6.07, 6.45) is -2.56. The lowest BCUT2D eigenvalue weighted by Crippen LogP contribution is -2.26. The summed E-state index contributed by atoms with van der Waals surface area (Å²) in [7, 11) is 0. The summed E-state index contributed by atoms with van der Waals surface area (Å²) in [5.41, 5.74) is 5.90. The Bertz CT molecular complexity index is 393. The summed E-state index contributed by atoms with van der Waals surface area (Å²) in [6, 6.07) is 1.41. The van der Waals surface area contributed by atoms with Crippen molar-refractivity contribution in [2.75, 3.05) is 12.3 Å². The number of anilines is 1. The van der Waals surface area contributed by atoms with E-state index in [0.717, 1.165) is 0 Å². The molecule has 0 spiro atoms. The van der Waals surface area contributed by atoms with Crippen LogP contribution in [0.1, 0.15) is 23.2 Å². The van der Waals surface area contributed by atoms with Gasteiger partial charge >= 0.3 is 6.18 Å². The molecule has 0 radical (unpaired) electrons. The minimum Gasteiger partial charge on any atom is -0.397 e. The van der Waals surface area contributed by atoms with Gasteiger partial charge in [-0.3, -0.25) is 9.78 Å². The number of nitrogens with two attached hydrogens (primary N) is 1. The van der Waals surface area contributed by atoms with E-state index >= 15 is 0 Å². The van der Waals surface area contributed by atoms with Gasteiger partial charge in [0.2, 0.25) is 0 Å². The van der Waals surface area contributed by atoms with Crippen molar-refractivity contribution in [3.05, 3.63) is 24.0 Å². The minimum atomic E-state index is -4.19. The first-order chi connectivity index (χ1) is 7.90. The summed E-state index contributed by atoms with van der Waals surface area (Å²) in [4.78, 5) is 15.2. The maximum Gasteiger partial charge on any atom is 0.389 e. The molecule has 17 heavy (non-hydrogen) atoms. The summed E-state index contributed by atoms with van der Waals surface area (Å²) in [5.74, 6) is -0.493. The third-order valence-corrected chi connectivity index (χ3v) is 2.02. The molecule has 0 saturated heterocycles. The molecule has 0 saturated carbocycles. The standard InChI is InChI=1S/C10H12F3N3O/c11-10(12,13)3-1-4-16-9(17)7-2-5-15-6-8(7)14/h2,5-6H,1,3-4,14H2,(H,16,17). The normalized spacial score (nSPS) is 11.2. The third-order valence-electron chi connectivity index (χ3n) is 2.02. The molecule has 1 aromatic rings. The summed E-state index contributed by atoms with van der Waals surface area (Å²) >= 11 is 0. The minimum absolute atomic E-state index is 0.0416. The van der Waals surface area contributed by atoms with Gasteiger partial charge in [0.25, 0.3) is 5.91 Å². The first kappa shape index (κ1) is 13.3. The molecule has 94 valence electrons. The molecule has 0 fully saturated rings. The number of nitrogen functional groups attached to an aromatic ring is 1. The zero-order valence-corrected chi connectivity index (χ0v) is 8.92. The van der Waals surface area contributed by atoms with Gasteiger partial charge in [-0.15, -0.1) is 0 Å². The Morgan fingerprint density at radius 3 is 2.76 bits per heavy atom. The average Bonchev–Trinajstić information content (AvgIpc) is 2.23. The maximum atomic E-state index is 11.8. The van der Waals surface area contributed by atoms with Crippen LogP contribution in [0.3, 0.4) is 0 Å². The predicted molar refractivity (Wildman–Crippen MR) is 56.3 cm³/mol. The van der Waals surface area contributed by atoms with Gasteiger partial charge in [0.15, 0.2) is 0 Å². The van der Waals surface area contributed by atoms with Crippen LogP contribution >= 0.6 is 0 Å². The smallest absolute Gasteiger partial charge is 0.389 e. The van der Waals surface area contributed by atoms with Crippen molar-refractivity contribution in [1.29, 1.82) is 0 Å². The highest BCUT2D eigenvalue weighted by Crippen LogP contribution is 2.20. The lowest BCUT2D eigenvalue weighted by molar-refractivity contribution is -0.135. The maximum absolute atomic E-state index is 11.8. The van der Waals surface area contributed by atoms with Crippen LogP contribution in [-0.2, 0) is 0 Å². The summed E-state index contributed by atoms with van der Waals surface area (Å²) < 4.78 is 35.5. The fraction of sp³-hybridized carbons (Fsp3) is 0.400. The van der Waals surface area contributed by atoms with E-state index in [2.05, 4.69) is 10.3 Å². The van der Waals surface area contributed by atoms with E-state index in [4.69, 9.17) is 5.73 Å². The van der Waals surface area contributed by atoms with Crippen molar-refractivity contribution >= 4 is 11.6 Å². The van der Waals surface area contributed by atoms with E-state index in [1.165, 1.54) is 18.5 Å². The number of nitrogens with zero attached hydrogens (tertiary/aromatic N) is 1.